The monoisotopic (exact) mass is 356 g/mol. The number of nitrogens with one attached hydrogen (secondary N) is 1. The first-order valence-electron chi connectivity index (χ1n) is 8.32. The van der Waals surface area contributed by atoms with Crippen LogP contribution in [0.15, 0.2) is 77.6 Å². The maximum absolute atomic E-state index is 13.4. The standard InChI is InChI=1S/C22H13ClN2O/c23-14-11-9-13(10-12-14)19-21-20(15-5-1-3-7-17(15)25-21)24-18-8-4-2-6-16(18)22(19)26/h1-12,25H. The van der Waals surface area contributed by atoms with Gasteiger partial charge in [0.1, 0.15) is 0 Å². The van der Waals surface area contributed by atoms with Gasteiger partial charge in [-0.25, -0.2) is 4.98 Å². The van der Waals surface area contributed by atoms with Crippen LogP contribution in [0.2, 0.25) is 5.02 Å². The van der Waals surface area contributed by atoms with Gasteiger partial charge in [0.25, 0.3) is 0 Å². The molecule has 0 amide bonds. The van der Waals surface area contributed by atoms with Crippen LogP contribution in [0.5, 0.6) is 0 Å². The Morgan fingerprint density at radius 3 is 2.31 bits per heavy atom. The molecular formula is C22H13ClN2O. The Kier molecular flexibility index (Phi) is 3.30. The molecule has 124 valence electrons. The summed E-state index contributed by atoms with van der Waals surface area (Å²) >= 11 is 6.04. The van der Waals surface area contributed by atoms with E-state index >= 15 is 0 Å². The molecule has 1 N–H and O–H groups in total. The lowest BCUT2D eigenvalue weighted by atomic mass is 10.0. The van der Waals surface area contributed by atoms with E-state index in [1.807, 2.05) is 60.7 Å². The topological polar surface area (TPSA) is 45.8 Å². The van der Waals surface area contributed by atoms with Crippen LogP contribution in [0.25, 0.3) is 44.0 Å². The average molecular weight is 357 g/mol. The number of rotatable bonds is 1. The number of hydrogen-bond donors (Lipinski definition) is 1. The fraction of sp³-hybridized carbons (Fsp3) is 0. The Bertz CT molecular complexity index is 1350. The summed E-state index contributed by atoms with van der Waals surface area (Å²) in [6.07, 6.45) is 0. The van der Waals surface area contributed by atoms with Gasteiger partial charge < -0.3 is 4.98 Å². The highest BCUT2D eigenvalue weighted by Crippen LogP contribution is 2.31. The molecule has 2 aromatic heterocycles. The van der Waals surface area contributed by atoms with Crippen molar-refractivity contribution < 1.29 is 0 Å². The van der Waals surface area contributed by atoms with Crippen molar-refractivity contribution in [2.24, 2.45) is 0 Å². The van der Waals surface area contributed by atoms with Crippen LogP contribution in [-0.2, 0) is 0 Å². The van der Waals surface area contributed by atoms with Crippen LogP contribution in [0, 0.1) is 0 Å². The van der Waals surface area contributed by atoms with Gasteiger partial charge in [-0.1, -0.05) is 54.1 Å². The number of para-hydroxylation sites is 2. The molecule has 0 aliphatic rings. The van der Waals surface area contributed by atoms with Crippen LogP contribution in [0.3, 0.4) is 0 Å². The molecule has 0 spiro atoms. The molecule has 0 unspecified atom stereocenters. The Balaban J connectivity index is 2.08. The van der Waals surface area contributed by atoms with Gasteiger partial charge in [-0.05, 0) is 35.9 Å². The number of aromatic amines is 1. The van der Waals surface area contributed by atoms with E-state index in [9.17, 15) is 4.79 Å². The van der Waals surface area contributed by atoms with E-state index < -0.39 is 0 Å². The van der Waals surface area contributed by atoms with Crippen molar-refractivity contribution in [3.63, 3.8) is 0 Å². The lowest BCUT2D eigenvalue weighted by Gasteiger charge is -2.00. The maximum atomic E-state index is 13.4. The van der Waals surface area contributed by atoms with E-state index in [4.69, 9.17) is 16.6 Å². The summed E-state index contributed by atoms with van der Waals surface area (Å²) < 4.78 is 0. The zero-order chi connectivity index (χ0) is 17.7. The first-order valence-corrected chi connectivity index (χ1v) is 8.69. The number of benzene rings is 3. The zero-order valence-corrected chi connectivity index (χ0v) is 14.4. The number of fused-ring (bicyclic) bond motifs is 4. The molecule has 0 aliphatic carbocycles. The average Bonchev–Trinajstić information content (AvgIpc) is 2.96. The quantitative estimate of drug-likeness (QED) is 0.428. The fourth-order valence-electron chi connectivity index (χ4n) is 3.45. The van der Waals surface area contributed by atoms with Crippen molar-refractivity contribution in [1.82, 2.24) is 9.97 Å². The smallest absolute Gasteiger partial charge is 0.197 e. The van der Waals surface area contributed by atoms with Gasteiger partial charge in [0.2, 0.25) is 0 Å². The Morgan fingerprint density at radius 2 is 1.50 bits per heavy atom. The molecule has 5 rings (SSSR count). The Hall–Kier alpha value is -3.17. The van der Waals surface area contributed by atoms with Crippen molar-refractivity contribution in [3.8, 4) is 11.1 Å². The number of aromatic nitrogens is 2. The van der Waals surface area contributed by atoms with E-state index in [1.54, 1.807) is 12.1 Å². The molecule has 4 heteroatoms. The molecule has 0 saturated heterocycles. The molecule has 3 aromatic carbocycles. The lowest BCUT2D eigenvalue weighted by Crippen LogP contribution is -2.02. The van der Waals surface area contributed by atoms with E-state index in [1.165, 1.54) is 0 Å². The van der Waals surface area contributed by atoms with Crippen LogP contribution in [0.4, 0.5) is 0 Å². The summed E-state index contributed by atoms with van der Waals surface area (Å²) in [7, 11) is 0. The van der Waals surface area contributed by atoms with Gasteiger partial charge in [-0.15, -0.1) is 0 Å². The first-order chi connectivity index (χ1) is 12.7. The summed E-state index contributed by atoms with van der Waals surface area (Å²) in [5.41, 5.74) is 4.57. The number of hydrogen-bond acceptors (Lipinski definition) is 2. The largest absolute Gasteiger partial charge is 0.353 e. The van der Waals surface area contributed by atoms with Crippen LogP contribution >= 0.6 is 11.6 Å². The van der Waals surface area contributed by atoms with Crippen molar-refractivity contribution in [3.05, 3.63) is 88.0 Å². The number of H-pyrrole nitrogens is 1. The van der Waals surface area contributed by atoms with Gasteiger partial charge >= 0.3 is 0 Å². The Labute approximate surface area is 153 Å². The molecule has 0 saturated carbocycles. The first kappa shape index (κ1) is 15.1. The Morgan fingerprint density at radius 1 is 0.808 bits per heavy atom. The predicted octanol–water partition coefficient (Wildman–Crippen LogP) is 5.55. The molecule has 2 heterocycles. The molecule has 0 radical (unpaired) electrons. The lowest BCUT2D eigenvalue weighted by molar-refractivity contribution is 1.52. The van der Waals surface area contributed by atoms with E-state index in [0.29, 0.717) is 21.5 Å². The fourth-order valence-corrected chi connectivity index (χ4v) is 3.57. The normalized spacial score (nSPS) is 11.4. The molecule has 26 heavy (non-hydrogen) atoms. The van der Waals surface area contributed by atoms with Gasteiger partial charge in [-0.3, -0.25) is 4.79 Å². The summed E-state index contributed by atoms with van der Waals surface area (Å²) in [5, 5.41) is 2.24. The second kappa shape index (κ2) is 5.68. The van der Waals surface area contributed by atoms with E-state index in [0.717, 1.165) is 27.5 Å². The minimum absolute atomic E-state index is 0.0445. The van der Waals surface area contributed by atoms with Crippen LogP contribution < -0.4 is 5.43 Å². The van der Waals surface area contributed by atoms with E-state index in [-0.39, 0.29) is 5.43 Å². The van der Waals surface area contributed by atoms with Gasteiger partial charge in [0, 0.05) is 21.3 Å². The third kappa shape index (κ3) is 2.21. The summed E-state index contributed by atoms with van der Waals surface area (Å²) in [4.78, 5) is 21.6. The zero-order valence-electron chi connectivity index (χ0n) is 13.7. The molecule has 3 nitrogen and oxygen atoms in total. The third-order valence-corrected chi connectivity index (χ3v) is 4.92. The van der Waals surface area contributed by atoms with Crippen molar-refractivity contribution in [1.29, 1.82) is 0 Å². The second-order valence-corrected chi connectivity index (χ2v) is 6.67. The highest BCUT2D eigenvalue weighted by Gasteiger charge is 2.15. The van der Waals surface area contributed by atoms with Crippen molar-refractivity contribution in [2.45, 2.75) is 0 Å². The van der Waals surface area contributed by atoms with Gasteiger partial charge in [0.15, 0.2) is 5.43 Å². The minimum Gasteiger partial charge on any atom is -0.353 e. The van der Waals surface area contributed by atoms with Crippen LogP contribution in [0.1, 0.15) is 0 Å². The van der Waals surface area contributed by atoms with E-state index in [2.05, 4.69) is 4.98 Å². The summed E-state index contributed by atoms with van der Waals surface area (Å²) in [6, 6.07) is 22.8. The maximum Gasteiger partial charge on any atom is 0.197 e. The minimum atomic E-state index is -0.0445. The predicted molar refractivity (Wildman–Crippen MR) is 108 cm³/mol. The highest BCUT2D eigenvalue weighted by atomic mass is 35.5. The molecule has 0 aliphatic heterocycles. The SMILES string of the molecule is O=c1c(-c2ccc(Cl)cc2)c2[nH]c3ccccc3c2nc2ccccc12. The van der Waals surface area contributed by atoms with Gasteiger partial charge in [-0.2, -0.15) is 0 Å². The van der Waals surface area contributed by atoms with Crippen molar-refractivity contribution >= 4 is 44.4 Å². The second-order valence-electron chi connectivity index (χ2n) is 6.23. The third-order valence-electron chi connectivity index (χ3n) is 4.67. The molecule has 5 aromatic rings. The molecule has 0 bridgehead atoms. The van der Waals surface area contributed by atoms with Gasteiger partial charge in [0.05, 0.1) is 22.1 Å². The van der Waals surface area contributed by atoms with Crippen molar-refractivity contribution in [2.75, 3.05) is 0 Å². The summed E-state index contributed by atoms with van der Waals surface area (Å²) in [6.45, 7) is 0. The number of nitrogens with zero attached hydrogens (tertiary/aromatic N) is 1. The number of halogens is 1. The van der Waals surface area contributed by atoms with Crippen LogP contribution in [-0.4, -0.2) is 9.97 Å². The summed E-state index contributed by atoms with van der Waals surface area (Å²) in [5.74, 6) is 0. The molecule has 0 fully saturated rings. The molecule has 0 atom stereocenters. The molecular weight excluding hydrogens is 344 g/mol. The highest BCUT2D eigenvalue weighted by molar-refractivity contribution is 6.30.